The van der Waals surface area contributed by atoms with E-state index in [1.807, 2.05) is 24.3 Å². The van der Waals surface area contributed by atoms with Gasteiger partial charge in [-0.05, 0) is 44.5 Å². The SMILES string of the molecule is Cc1nc(CN(C)CC2(O)CCCN(Cc3ccc(F)cc3)C2=O)cs1. The first kappa shape index (κ1) is 18.9. The summed E-state index contributed by atoms with van der Waals surface area (Å²) in [5, 5.41) is 14.0. The Bertz CT molecular complexity index is 764. The molecule has 5 nitrogen and oxygen atoms in total. The Hall–Kier alpha value is -1.83. The molecule has 1 fully saturated rings. The van der Waals surface area contributed by atoms with Crippen LogP contribution >= 0.6 is 11.3 Å². The van der Waals surface area contributed by atoms with Gasteiger partial charge in [-0.3, -0.25) is 9.69 Å². The van der Waals surface area contributed by atoms with Gasteiger partial charge in [-0.15, -0.1) is 11.3 Å². The van der Waals surface area contributed by atoms with Crippen LogP contribution in [0.5, 0.6) is 0 Å². The van der Waals surface area contributed by atoms with Gasteiger partial charge in [-0.25, -0.2) is 9.37 Å². The number of carbonyl (C=O) groups is 1. The van der Waals surface area contributed by atoms with E-state index in [9.17, 15) is 14.3 Å². The molecule has 0 bridgehead atoms. The van der Waals surface area contributed by atoms with Crippen molar-refractivity contribution in [1.82, 2.24) is 14.8 Å². The largest absolute Gasteiger partial charge is 0.379 e. The van der Waals surface area contributed by atoms with Crippen molar-refractivity contribution in [2.45, 2.75) is 38.5 Å². The highest BCUT2D eigenvalue weighted by molar-refractivity contribution is 7.09. The number of aromatic nitrogens is 1. The fourth-order valence-electron chi connectivity index (χ4n) is 3.43. The predicted octanol–water partition coefficient (Wildman–Crippen LogP) is 2.58. The van der Waals surface area contributed by atoms with Crippen LogP contribution in [0.3, 0.4) is 0 Å². The van der Waals surface area contributed by atoms with Crippen molar-refractivity contribution >= 4 is 17.2 Å². The summed E-state index contributed by atoms with van der Waals surface area (Å²) in [5.41, 5.74) is 0.415. The van der Waals surface area contributed by atoms with E-state index in [1.165, 1.54) is 12.1 Å². The number of nitrogens with zero attached hydrogens (tertiary/aromatic N) is 3. The molecular formula is C19H24FN3O2S. The number of carbonyl (C=O) groups excluding carboxylic acids is 1. The molecule has 7 heteroatoms. The minimum absolute atomic E-state index is 0.255. The maximum Gasteiger partial charge on any atom is 0.256 e. The molecule has 2 heterocycles. The summed E-state index contributed by atoms with van der Waals surface area (Å²) >= 11 is 1.59. The Morgan fingerprint density at radius 1 is 1.38 bits per heavy atom. The van der Waals surface area contributed by atoms with Gasteiger partial charge in [-0.1, -0.05) is 12.1 Å². The highest BCUT2D eigenvalue weighted by Crippen LogP contribution is 2.25. The first-order valence-electron chi connectivity index (χ1n) is 8.71. The van der Waals surface area contributed by atoms with Crippen LogP contribution in [0.25, 0.3) is 0 Å². The van der Waals surface area contributed by atoms with Crippen LogP contribution in [-0.4, -0.2) is 51.5 Å². The zero-order valence-electron chi connectivity index (χ0n) is 15.1. The number of benzene rings is 1. The summed E-state index contributed by atoms with van der Waals surface area (Å²) in [4.78, 5) is 20.9. The monoisotopic (exact) mass is 377 g/mol. The molecule has 1 amide bonds. The lowest BCUT2D eigenvalue weighted by Crippen LogP contribution is -2.57. The van der Waals surface area contributed by atoms with E-state index >= 15 is 0 Å². The molecule has 1 unspecified atom stereocenters. The third-order valence-corrected chi connectivity index (χ3v) is 5.44. The van der Waals surface area contributed by atoms with Crippen LogP contribution in [0.2, 0.25) is 0 Å². The van der Waals surface area contributed by atoms with Crippen molar-refractivity contribution in [1.29, 1.82) is 0 Å². The summed E-state index contributed by atoms with van der Waals surface area (Å²) in [6.45, 7) is 3.81. The maximum atomic E-state index is 13.1. The van der Waals surface area contributed by atoms with Gasteiger partial charge < -0.3 is 10.0 Å². The van der Waals surface area contributed by atoms with Crippen LogP contribution in [0.4, 0.5) is 4.39 Å². The van der Waals surface area contributed by atoms with E-state index in [2.05, 4.69) is 4.98 Å². The van der Waals surface area contributed by atoms with Gasteiger partial charge >= 0.3 is 0 Å². The predicted molar refractivity (Wildman–Crippen MR) is 99.2 cm³/mol. The van der Waals surface area contributed by atoms with Crippen molar-refractivity contribution in [2.75, 3.05) is 20.1 Å². The lowest BCUT2D eigenvalue weighted by molar-refractivity contribution is -0.160. The van der Waals surface area contributed by atoms with Gasteiger partial charge in [0.2, 0.25) is 0 Å². The Kier molecular flexibility index (Phi) is 5.70. The number of hydrogen-bond acceptors (Lipinski definition) is 5. The molecule has 1 aromatic carbocycles. The second-order valence-electron chi connectivity index (χ2n) is 7.02. The molecule has 3 rings (SSSR count). The summed E-state index contributed by atoms with van der Waals surface area (Å²) in [7, 11) is 1.89. The topological polar surface area (TPSA) is 56.7 Å². The van der Waals surface area contributed by atoms with E-state index in [4.69, 9.17) is 0 Å². The molecule has 1 atom stereocenters. The van der Waals surface area contributed by atoms with Crippen LogP contribution in [-0.2, 0) is 17.9 Å². The fourth-order valence-corrected chi connectivity index (χ4v) is 4.04. The summed E-state index contributed by atoms with van der Waals surface area (Å²) in [5.74, 6) is -0.552. The summed E-state index contributed by atoms with van der Waals surface area (Å²) in [6, 6.07) is 6.12. The minimum atomic E-state index is -1.39. The number of aryl methyl sites for hydroxylation is 1. The summed E-state index contributed by atoms with van der Waals surface area (Å²) < 4.78 is 13.1. The molecule has 140 valence electrons. The molecule has 0 radical (unpaired) electrons. The third-order valence-electron chi connectivity index (χ3n) is 4.62. The third kappa shape index (κ3) is 4.47. The molecule has 26 heavy (non-hydrogen) atoms. The zero-order valence-corrected chi connectivity index (χ0v) is 15.9. The second-order valence-corrected chi connectivity index (χ2v) is 8.08. The standard InChI is InChI=1S/C19H24FN3O2S/c1-14-21-17(12-26-14)11-22(2)13-19(25)8-3-9-23(18(19)24)10-15-4-6-16(20)7-5-15/h4-7,12,25H,3,8-11,13H2,1-2H3. The number of aliphatic hydroxyl groups is 1. The first-order valence-corrected chi connectivity index (χ1v) is 9.59. The molecule has 1 N–H and O–H groups in total. The molecule has 1 aromatic heterocycles. The van der Waals surface area contributed by atoms with Gasteiger partial charge in [0.05, 0.1) is 10.7 Å². The van der Waals surface area contributed by atoms with Crippen LogP contribution < -0.4 is 0 Å². The van der Waals surface area contributed by atoms with E-state index in [-0.39, 0.29) is 18.3 Å². The molecule has 1 saturated heterocycles. The number of halogens is 1. The highest BCUT2D eigenvalue weighted by atomic mass is 32.1. The number of amides is 1. The lowest BCUT2D eigenvalue weighted by Gasteiger charge is -2.40. The van der Waals surface area contributed by atoms with Crippen molar-refractivity contribution in [3.8, 4) is 0 Å². The van der Waals surface area contributed by atoms with E-state index in [0.717, 1.165) is 22.7 Å². The Morgan fingerprint density at radius 2 is 2.12 bits per heavy atom. The Morgan fingerprint density at radius 3 is 2.77 bits per heavy atom. The molecule has 1 aliphatic heterocycles. The zero-order chi connectivity index (χ0) is 18.7. The van der Waals surface area contributed by atoms with Crippen molar-refractivity contribution in [3.63, 3.8) is 0 Å². The lowest BCUT2D eigenvalue weighted by atomic mass is 9.90. The van der Waals surface area contributed by atoms with E-state index in [0.29, 0.717) is 26.1 Å². The van der Waals surface area contributed by atoms with Crippen LogP contribution in [0, 0.1) is 12.7 Å². The minimum Gasteiger partial charge on any atom is -0.379 e. The average molecular weight is 377 g/mol. The number of thiazole rings is 1. The quantitative estimate of drug-likeness (QED) is 0.841. The fraction of sp³-hybridized carbons (Fsp3) is 0.474. The van der Waals surface area contributed by atoms with Crippen LogP contribution in [0.1, 0.15) is 29.1 Å². The van der Waals surface area contributed by atoms with Gasteiger partial charge in [0.1, 0.15) is 5.82 Å². The normalized spacial score (nSPS) is 20.8. The van der Waals surface area contributed by atoms with Gasteiger partial charge in [-0.2, -0.15) is 0 Å². The second kappa shape index (κ2) is 7.82. The number of likely N-dealkylation sites (tertiary alicyclic amines) is 1. The molecule has 0 aliphatic carbocycles. The van der Waals surface area contributed by atoms with Gasteiger partial charge in [0, 0.05) is 31.6 Å². The highest BCUT2D eigenvalue weighted by Gasteiger charge is 2.42. The molecule has 0 saturated carbocycles. The van der Waals surface area contributed by atoms with Crippen molar-refractivity contribution < 1.29 is 14.3 Å². The number of rotatable bonds is 6. The number of hydrogen-bond donors (Lipinski definition) is 1. The van der Waals surface area contributed by atoms with Crippen molar-refractivity contribution in [3.05, 3.63) is 51.7 Å². The smallest absolute Gasteiger partial charge is 0.256 e. The Labute approximate surface area is 157 Å². The average Bonchev–Trinajstić information content (AvgIpc) is 2.98. The van der Waals surface area contributed by atoms with Crippen LogP contribution in [0.15, 0.2) is 29.6 Å². The molecular weight excluding hydrogens is 353 g/mol. The molecule has 1 aliphatic rings. The van der Waals surface area contributed by atoms with Crippen molar-refractivity contribution in [2.24, 2.45) is 0 Å². The number of piperidine rings is 1. The molecule has 0 spiro atoms. The summed E-state index contributed by atoms with van der Waals surface area (Å²) in [6.07, 6.45) is 1.19. The van der Waals surface area contributed by atoms with E-state index < -0.39 is 5.60 Å². The maximum absolute atomic E-state index is 13.1. The van der Waals surface area contributed by atoms with Gasteiger partial charge in [0.25, 0.3) is 5.91 Å². The molecule has 2 aromatic rings. The van der Waals surface area contributed by atoms with E-state index in [1.54, 1.807) is 28.4 Å². The van der Waals surface area contributed by atoms with Gasteiger partial charge in [0.15, 0.2) is 5.60 Å². The Balaban J connectivity index is 1.64. The number of likely N-dealkylation sites (N-methyl/N-ethyl adjacent to an activating group) is 1. The first-order chi connectivity index (χ1) is 12.4.